The van der Waals surface area contributed by atoms with Gasteiger partial charge in [0, 0.05) is 19.1 Å². The third kappa shape index (κ3) is 4.77. The van der Waals surface area contributed by atoms with E-state index in [0.717, 1.165) is 24.9 Å². The summed E-state index contributed by atoms with van der Waals surface area (Å²) in [5.74, 6) is 1.15. The van der Waals surface area contributed by atoms with E-state index in [0.29, 0.717) is 19.1 Å². The summed E-state index contributed by atoms with van der Waals surface area (Å²) in [7, 11) is 0. The molecule has 0 bridgehead atoms. The molecule has 4 nitrogen and oxygen atoms in total. The van der Waals surface area contributed by atoms with Gasteiger partial charge in [-0.3, -0.25) is 4.79 Å². The molecule has 4 unspecified atom stereocenters. The van der Waals surface area contributed by atoms with Crippen LogP contribution in [0.15, 0.2) is 0 Å². The topological polar surface area (TPSA) is 55.6 Å². The zero-order valence-electron chi connectivity index (χ0n) is 13.1. The van der Waals surface area contributed by atoms with Gasteiger partial charge in [-0.15, -0.1) is 0 Å². The van der Waals surface area contributed by atoms with Crippen LogP contribution in [0.5, 0.6) is 0 Å². The van der Waals surface area contributed by atoms with E-state index >= 15 is 0 Å². The summed E-state index contributed by atoms with van der Waals surface area (Å²) in [6.45, 7) is 12.9. The van der Waals surface area contributed by atoms with Crippen molar-refractivity contribution in [2.45, 2.75) is 59.0 Å². The van der Waals surface area contributed by atoms with Gasteiger partial charge in [0.05, 0.1) is 6.61 Å². The van der Waals surface area contributed by atoms with E-state index in [1.54, 1.807) is 6.92 Å². The van der Waals surface area contributed by atoms with Gasteiger partial charge < -0.3 is 15.4 Å². The normalized spacial score (nSPS) is 29.6. The molecule has 1 aliphatic heterocycles. The Morgan fingerprint density at radius 2 is 1.95 bits per heavy atom. The largest absolute Gasteiger partial charge is 0.465 e. The van der Waals surface area contributed by atoms with Crippen LogP contribution in [0.4, 0.5) is 0 Å². The van der Waals surface area contributed by atoms with E-state index in [1.807, 2.05) is 6.92 Å². The van der Waals surface area contributed by atoms with E-state index in [4.69, 9.17) is 10.5 Å². The van der Waals surface area contributed by atoms with Crippen LogP contribution in [-0.4, -0.2) is 42.1 Å². The molecule has 2 N–H and O–H groups in total. The Kier molecular flexibility index (Phi) is 5.81. The van der Waals surface area contributed by atoms with E-state index in [2.05, 4.69) is 25.7 Å². The van der Waals surface area contributed by atoms with Gasteiger partial charge >= 0.3 is 5.97 Å². The fourth-order valence-corrected chi connectivity index (χ4v) is 3.19. The molecule has 0 aromatic heterocycles. The highest BCUT2D eigenvalue weighted by molar-refractivity contribution is 5.80. The molecule has 1 rings (SSSR count). The first-order valence-corrected chi connectivity index (χ1v) is 7.46. The first-order valence-electron chi connectivity index (χ1n) is 7.46. The van der Waals surface area contributed by atoms with Gasteiger partial charge in [0.15, 0.2) is 0 Å². The lowest BCUT2D eigenvalue weighted by atomic mass is 9.88. The molecule has 19 heavy (non-hydrogen) atoms. The van der Waals surface area contributed by atoms with E-state index in [-0.39, 0.29) is 5.97 Å². The second-order valence-electron chi connectivity index (χ2n) is 6.59. The molecule has 0 aromatic carbocycles. The van der Waals surface area contributed by atoms with Crippen LogP contribution in [0.1, 0.15) is 47.5 Å². The summed E-state index contributed by atoms with van der Waals surface area (Å²) < 4.78 is 5.05. The summed E-state index contributed by atoms with van der Waals surface area (Å²) in [5.41, 5.74) is 5.23. The predicted octanol–water partition coefficient (Wildman–Crippen LogP) is 2.02. The Morgan fingerprint density at radius 1 is 1.42 bits per heavy atom. The number of carbonyl (C=O) groups excluding carboxylic acids is 1. The highest BCUT2D eigenvalue weighted by Gasteiger charge is 2.35. The molecule has 1 heterocycles. The number of hydrogen-bond acceptors (Lipinski definition) is 4. The number of carbonyl (C=O) groups is 1. The SMILES string of the molecule is CCOC(=O)C(C)(N)CC(C)N1CC(C)CC(C)C1. The summed E-state index contributed by atoms with van der Waals surface area (Å²) in [6, 6.07) is 0.310. The van der Waals surface area contributed by atoms with Gasteiger partial charge in [0.1, 0.15) is 5.54 Å². The standard InChI is InChI=1S/C15H30N2O2/c1-6-19-14(18)15(5,16)8-13(4)17-9-11(2)7-12(3)10-17/h11-13H,6-10,16H2,1-5H3. The summed E-state index contributed by atoms with van der Waals surface area (Å²) >= 11 is 0. The van der Waals surface area contributed by atoms with Gasteiger partial charge in [-0.2, -0.15) is 0 Å². The number of piperidine rings is 1. The molecule has 0 amide bonds. The lowest BCUT2D eigenvalue weighted by Crippen LogP contribution is -2.53. The molecule has 1 saturated heterocycles. The Morgan fingerprint density at radius 3 is 2.42 bits per heavy atom. The van der Waals surface area contributed by atoms with Crippen LogP contribution in [0.3, 0.4) is 0 Å². The number of esters is 1. The lowest BCUT2D eigenvalue weighted by Gasteiger charge is -2.40. The maximum atomic E-state index is 11.8. The van der Waals surface area contributed by atoms with Crippen LogP contribution in [0.2, 0.25) is 0 Å². The smallest absolute Gasteiger partial charge is 0.325 e. The van der Waals surface area contributed by atoms with Crippen molar-refractivity contribution in [3.8, 4) is 0 Å². The molecule has 0 aliphatic carbocycles. The Hall–Kier alpha value is -0.610. The maximum Gasteiger partial charge on any atom is 0.325 e. The molecule has 0 radical (unpaired) electrons. The highest BCUT2D eigenvalue weighted by Crippen LogP contribution is 2.25. The van der Waals surface area contributed by atoms with Gasteiger partial charge in [0.2, 0.25) is 0 Å². The predicted molar refractivity (Wildman–Crippen MR) is 77.8 cm³/mol. The summed E-state index contributed by atoms with van der Waals surface area (Å²) in [5, 5.41) is 0. The van der Waals surface area contributed by atoms with Gasteiger partial charge in [-0.1, -0.05) is 13.8 Å². The van der Waals surface area contributed by atoms with Crippen LogP contribution in [-0.2, 0) is 9.53 Å². The van der Waals surface area contributed by atoms with E-state index in [9.17, 15) is 4.79 Å². The second kappa shape index (κ2) is 6.71. The van der Waals surface area contributed by atoms with Crippen molar-refractivity contribution in [2.24, 2.45) is 17.6 Å². The summed E-state index contributed by atoms with van der Waals surface area (Å²) in [4.78, 5) is 14.3. The van der Waals surface area contributed by atoms with Crippen molar-refractivity contribution in [1.82, 2.24) is 4.90 Å². The first kappa shape index (κ1) is 16.4. The number of rotatable bonds is 5. The lowest BCUT2D eigenvalue weighted by molar-refractivity contribution is -0.149. The number of ether oxygens (including phenoxy) is 1. The van der Waals surface area contributed by atoms with Crippen LogP contribution < -0.4 is 5.73 Å². The number of nitrogens with zero attached hydrogens (tertiary/aromatic N) is 1. The average Bonchev–Trinajstić information content (AvgIpc) is 2.27. The second-order valence-corrected chi connectivity index (χ2v) is 6.59. The third-order valence-corrected chi connectivity index (χ3v) is 3.98. The minimum absolute atomic E-state index is 0.292. The number of nitrogens with two attached hydrogens (primary N) is 1. The zero-order valence-corrected chi connectivity index (χ0v) is 13.1. The first-order chi connectivity index (χ1) is 8.76. The fraction of sp³-hybridized carbons (Fsp3) is 0.933. The van der Waals surface area contributed by atoms with Gasteiger partial charge in [-0.25, -0.2) is 0 Å². The molecule has 1 aliphatic rings. The Labute approximate surface area is 117 Å². The van der Waals surface area contributed by atoms with E-state index < -0.39 is 5.54 Å². The third-order valence-electron chi connectivity index (χ3n) is 3.98. The highest BCUT2D eigenvalue weighted by atomic mass is 16.5. The van der Waals surface area contributed by atoms with Crippen molar-refractivity contribution < 1.29 is 9.53 Å². The van der Waals surface area contributed by atoms with Crippen molar-refractivity contribution >= 4 is 5.97 Å². The maximum absolute atomic E-state index is 11.8. The average molecular weight is 270 g/mol. The molecule has 112 valence electrons. The van der Waals surface area contributed by atoms with Crippen LogP contribution in [0.25, 0.3) is 0 Å². The van der Waals surface area contributed by atoms with Crippen LogP contribution in [0, 0.1) is 11.8 Å². The minimum atomic E-state index is -0.890. The molecular weight excluding hydrogens is 240 g/mol. The summed E-state index contributed by atoms with van der Waals surface area (Å²) in [6.07, 6.45) is 1.94. The number of likely N-dealkylation sites (tertiary alicyclic amines) is 1. The number of hydrogen-bond donors (Lipinski definition) is 1. The molecular formula is C15H30N2O2. The molecule has 0 aromatic rings. The molecule has 0 saturated carbocycles. The fourth-order valence-electron chi connectivity index (χ4n) is 3.19. The van der Waals surface area contributed by atoms with Gasteiger partial charge in [0.25, 0.3) is 0 Å². The molecule has 0 spiro atoms. The van der Waals surface area contributed by atoms with Crippen molar-refractivity contribution in [2.75, 3.05) is 19.7 Å². The minimum Gasteiger partial charge on any atom is -0.465 e. The van der Waals surface area contributed by atoms with E-state index in [1.165, 1.54) is 6.42 Å². The van der Waals surface area contributed by atoms with Crippen molar-refractivity contribution in [3.63, 3.8) is 0 Å². The van der Waals surface area contributed by atoms with Crippen molar-refractivity contribution in [3.05, 3.63) is 0 Å². The Bertz CT molecular complexity index is 295. The zero-order chi connectivity index (χ0) is 14.6. The Balaban J connectivity index is 2.57. The van der Waals surface area contributed by atoms with Gasteiger partial charge in [-0.05, 0) is 45.4 Å². The molecule has 4 heteroatoms. The molecule has 1 fully saturated rings. The quantitative estimate of drug-likeness (QED) is 0.777. The molecule has 4 atom stereocenters. The monoisotopic (exact) mass is 270 g/mol. The van der Waals surface area contributed by atoms with Crippen LogP contribution >= 0.6 is 0 Å². The van der Waals surface area contributed by atoms with Crippen molar-refractivity contribution in [1.29, 1.82) is 0 Å².